The maximum absolute atomic E-state index is 12.5. The van der Waals surface area contributed by atoms with Crippen molar-refractivity contribution in [1.82, 2.24) is 10.6 Å². The van der Waals surface area contributed by atoms with Gasteiger partial charge in [0.15, 0.2) is 5.76 Å². The zero-order valence-electron chi connectivity index (χ0n) is 13.9. The highest BCUT2D eigenvalue weighted by Gasteiger charge is 2.18. The van der Waals surface area contributed by atoms with E-state index in [2.05, 4.69) is 28.8 Å². The third-order valence-corrected chi connectivity index (χ3v) is 4.72. The van der Waals surface area contributed by atoms with E-state index < -0.39 is 0 Å². The number of aryl methyl sites for hydroxylation is 2. The molecule has 4 heteroatoms. The number of carbonyl (C=O) groups excluding carboxylic acids is 1. The summed E-state index contributed by atoms with van der Waals surface area (Å²) in [5, 5.41) is 7.31. The van der Waals surface area contributed by atoms with Crippen molar-refractivity contribution in [3.63, 3.8) is 0 Å². The van der Waals surface area contributed by atoms with Gasteiger partial charge in [0.25, 0.3) is 5.91 Å². The molecule has 122 valence electrons. The Morgan fingerprint density at radius 1 is 1.17 bits per heavy atom. The molecule has 1 aliphatic heterocycles. The second-order valence-corrected chi connectivity index (χ2v) is 6.40. The number of benzene rings is 2. The number of carbonyl (C=O) groups is 1. The third-order valence-electron chi connectivity index (χ3n) is 4.72. The van der Waals surface area contributed by atoms with Crippen LogP contribution in [0, 0.1) is 13.8 Å². The topological polar surface area (TPSA) is 54.3 Å². The van der Waals surface area contributed by atoms with E-state index >= 15 is 0 Å². The van der Waals surface area contributed by atoms with Crippen molar-refractivity contribution < 1.29 is 9.21 Å². The normalized spacial score (nSPS) is 13.2. The highest BCUT2D eigenvalue weighted by molar-refractivity contribution is 5.99. The second kappa shape index (κ2) is 5.80. The lowest BCUT2D eigenvalue weighted by molar-refractivity contribution is 0.0924. The van der Waals surface area contributed by atoms with Crippen molar-refractivity contribution in [2.24, 2.45) is 0 Å². The maximum atomic E-state index is 12.5. The first kappa shape index (κ1) is 15.0. The molecule has 2 N–H and O–H groups in total. The van der Waals surface area contributed by atoms with Crippen LogP contribution in [0.25, 0.3) is 11.0 Å². The van der Waals surface area contributed by atoms with Crippen molar-refractivity contribution in [2.75, 3.05) is 0 Å². The number of para-hydroxylation sites is 1. The van der Waals surface area contributed by atoms with Gasteiger partial charge in [-0.2, -0.15) is 0 Å². The summed E-state index contributed by atoms with van der Waals surface area (Å²) in [4.78, 5) is 12.5. The predicted octanol–water partition coefficient (Wildman–Crippen LogP) is 3.58. The van der Waals surface area contributed by atoms with Crippen LogP contribution >= 0.6 is 0 Å². The Balaban J connectivity index is 1.54. The van der Waals surface area contributed by atoms with E-state index in [0.717, 1.165) is 40.7 Å². The molecule has 2 aromatic carbocycles. The molecule has 1 aliphatic rings. The molecule has 0 spiro atoms. The minimum absolute atomic E-state index is 0.165. The predicted molar refractivity (Wildman–Crippen MR) is 93.8 cm³/mol. The third kappa shape index (κ3) is 2.49. The van der Waals surface area contributed by atoms with E-state index in [1.54, 1.807) is 0 Å². The fraction of sp³-hybridized carbons (Fsp3) is 0.250. The highest BCUT2D eigenvalue weighted by Crippen LogP contribution is 2.27. The van der Waals surface area contributed by atoms with Gasteiger partial charge in [-0.1, -0.05) is 36.4 Å². The number of furan rings is 1. The minimum atomic E-state index is -0.165. The van der Waals surface area contributed by atoms with E-state index in [1.807, 2.05) is 32.0 Å². The van der Waals surface area contributed by atoms with Crippen LogP contribution in [0.2, 0.25) is 0 Å². The van der Waals surface area contributed by atoms with Crippen LogP contribution in [-0.4, -0.2) is 5.91 Å². The fourth-order valence-corrected chi connectivity index (χ4v) is 3.32. The molecular formula is C20H20N2O2. The standard InChI is InChI=1S/C20H20N2O2/c1-12-4-3-5-17-13(2)19(24-18(12)17)20(23)22-9-14-6-7-15-10-21-11-16(15)8-14/h3-8,21H,9-11H2,1-2H3,(H,22,23). The molecule has 0 bridgehead atoms. The molecule has 0 saturated heterocycles. The largest absolute Gasteiger partial charge is 0.450 e. The van der Waals surface area contributed by atoms with Crippen LogP contribution in [-0.2, 0) is 19.6 Å². The van der Waals surface area contributed by atoms with Crippen molar-refractivity contribution in [3.8, 4) is 0 Å². The molecule has 24 heavy (non-hydrogen) atoms. The Morgan fingerprint density at radius 3 is 2.83 bits per heavy atom. The van der Waals surface area contributed by atoms with Crippen LogP contribution in [0.1, 0.15) is 38.4 Å². The number of nitrogens with one attached hydrogen (secondary N) is 2. The van der Waals surface area contributed by atoms with Gasteiger partial charge in [0.2, 0.25) is 0 Å². The van der Waals surface area contributed by atoms with E-state index in [4.69, 9.17) is 4.42 Å². The molecule has 1 amide bonds. The molecular weight excluding hydrogens is 300 g/mol. The molecule has 1 aromatic heterocycles. The summed E-state index contributed by atoms with van der Waals surface area (Å²) in [6.45, 7) is 6.26. The van der Waals surface area contributed by atoms with Crippen LogP contribution < -0.4 is 10.6 Å². The van der Waals surface area contributed by atoms with Crippen molar-refractivity contribution >= 4 is 16.9 Å². The molecule has 0 unspecified atom stereocenters. The van der Waals surface area contributed by atoms with Gasteiger partial charge in [-0.25, -0.2) is 0 Å². The summed E-state index contributed by atoms with van der Waals surface area (Å²) in [7, 11) is 0. The summed E-state index contributed by atoms with van der Waals surface area (Å²) in [6, 6.07) is 12.3. The maximum Gasteiger partial charge on any atom is 0.287 e. The van der Waals surface area contributed by atoms with Crippen molar-refractivity contribution in [2.45, 2.75) is 33.5 Å². The minimum Gasteiger partial charge on any atom is -0.450 e. The van der Waals surface area contributed by atoms with Gasteiger partial charge >= 0.3 is 0 Å². The Morgan fingerprint density at radius 2 is 2.00 bits per heavy atom. The van der Waals surface area contributed by atoms with Crippen LogP contribution in [0.15, 0.2) is 40.8 Å². The van der Waals surface area contributed by atoms with Gasteiger partial charge in [0, 0.05) is 30.6 Å². The monoisotopic (exact) mass is 320 g/mol. The molecule has 0 atom stereocenters. The molecule has 0 radical (unpaired) electrons. The Bertz CT molecular complexity index is 940. The van der Waals surface area contributed by atoms with E-state index in [-0.39, 0.29) is 5.91 Å². The van der Waals surface area contributed by atoms with Gasteiger partial charge in [-0.05, 0) is 36.1 Å². The Hall–Kier alpha value is -2.59. The first-order chi connectivity index (χ1) is 11.6. The van der Waals surface area contributed by atoms with Crippen molar-refractivity contribution in [3.05, 3.63) is 70.0 Å². The molecule has 0 saturated carbocycles. The van der Waals surface area contributed by atoms with Gasteiger partial charge in [0.1, 0.15) is 5.58 Å². The first-order valence-electron chi connectivity index (χ1n) is 8.22. The summed E-state index contributed by atoms with van der Waals surface area (Å²) in [5.74, 6) is 0.240. The van der Waals surface area contributed by atoms with E-state index in [9.17, 15) is 4.79 Å². The summed E-state index contributed by atoms with van der Waals surface area (Å²) >= 11 is 0. The van der Waals surface area contributed by atoms with Gasteiger partial charge < -0.3 is 15.1 Å². The van der Waals surface area contributed by atoms with Crippen LogP contribution in [0.4, 0.5) is 0 Å². The molecule has 0 aliphatic carbocycles. The summed E-state index contributed by atoms with van der Waals surface area (Å²) < 4.78 is 5.83. The lowest BCUT2D eigenvalue weighted by Gasteiger charge is -2.06. The van der Waals surface area contributed by atoms with Gasteiger partial charge in [-0.15, -0.1) is 0 Å². The molecule has 4 nitrogen and oxygen atoms in total. The fourth-order valence-electron chi connectivity index (χ4n) is 3.32. The van der Waals surface area contributed by atoms with Gasteiger partial charge in [0.05, 0.1) is 0 Å². The van der Waals surface area contributed by atoms with Crippen LogP contribution in [0.3, 0.4) is 0 Å². The molecule has 2 heterocycles. The number of fused-ring (bicyclic) bond motifs is 2. The number of amides is 1. The first-order valence-corrected chi connectivity index (χ1v) is 8.22. The lowest BCUT2D eigenvalue weighted by Crippen LogP contribution is -2.23. The highest BCUT2D eigenvalue weighted by atomic mass is 16.3. The molecule has 4 rings (SSSR count). The Kier molecular flexibility index (Phi) is 3.62. The summed E-state index contributed by atoms with van der Waals surface area (Å²) in [6.07, 6.45) is 0. The number of rotatable bonds is 3. The molecule has 0 fully saturated rings. The number of hydrogen-bond acceptors (Lipinski definition) is 3. The SMILES string of the molecule is Cc1c(C(=O)NCc2ccc3c(c2)CNC3)oc2c(C)cccc12. The zero-order chi connectivity index (χ0) is 16.7. The van der Waals surface area contributed by atoms with E-state index in [0.29, 0.717) is 12.3 Å². The van der Waals surface area contributed by atoms with Crippen LogP contribution in [0.5, 0.6) is 0 Å². The van der Waals surface area contributed by atoms with Gasteiger partial charge in [-0.3, -0.25) is 4.79 Å². The average molecular weight is 320 g/mol. The summed E-state index contributed by atoms with van der Waals surface area (Å²) in [5.41, 5.74) is 6.50. The van der Waals surface area contributed by atoms with Crippen molar-refractivity contribution in [1.29, 1.82) is 0 Å². The average Bonchev–Trinajstić information content (AvgIpc) is 3.18. The van der Waals surface area contributed by atoms with E-state index in [1.165, 1.54) is 11.1 Å². The quantitative estimate of drug-likeness (QED) is 0.775. The lowest BCUT2D eigenvalue weighted by atomic mass is 10.1. The zero-order valence-corrected chi connectivity index (χ0v) is 13.9. The second-order valence-electron chi connectivity index (χ2n) is 6.40. The Labute approximate surface area is 140 Å². The molecule has 3 aromatic rings. The smallest absolute Gasteiger partial charge is 0.287 e. The number of hydrogen-bond donors (Lipinski definition) is 2.